The van der Waals surface area contributed by atoms with Crippen LogP contribution in [0.2, 0.25) is 0 Å². The second kappa shape index (κ2) is 8.73. The number of aromatic nitrogens is 4. The van der Waals surface area contributed by atoms with E-state index < -0.39 is 0 Å². The number of pyridine rings is 1. The highest BCUT2D eigenvalue weighted by molar-refractivity contribution is 5.93. The Morgan fingerprint density at radius 3 is 2.81 bits per heavy atom. The molecule has 0 amide bonds. The summed E-state index contributed by atoms with van der Waals surface area (Å²) < 4.78 is 7.67. The number of aryl methyl sites for hydroxylation is 1. The molecule has 7 nitrogen and oxygen atoms in total. The molecule has 3 aromatic heterocycles. The molecule has 0 unspecified atom stereocenters. The van der Waals surface area contributed by atoms with Gasteiger partial charge in [-0.25, -0.2) is 15.0 Å². The number of hydrogen-bond donors (Lipinski definition) is 1. The summed E-state index contributed by atoms with van der Waals surface area (Å²) in [7, 11) is 0. The molecule has 1 aliphatic heterocycles. The van der Waals surface area contributed by atoms with Crippen molar-refractivity contribution in [3.05, 3.63) is 61.1 Å². The summed E-state index contributed by atoms with van der Waals surface area (Å²) in [5.41, 5.74) is 5.10. The van der Waals surface area contributed by atoms with E-state index in [9.17, 15) is 0 Å². The van der Waals surface area contributed by atoms with Crippen LogP contribution in [0.1, 0.15) is 13.3 Å². The molecule has 0 bridgehead atoms. The average molecular weight is 415 g/mol. The number of ether oxygens (including phenoxy) is 1. The van der Waals surface area contributed by atoms with Crippen LogP contribution in [0.4, 0.5) is 17.3 Å². The summed E-state index contributed by atoms with van der Waals surface area (Å²) in [6.45, 7) is 6.45. The molecule has 7 heteroatoms. The summed E-state index contributed by atoms with van der Waals surface area (Å²) in [4.78, 5) is 16.2. The molecule has 5 rings (SSSR count). The fourth-order valence-electron chi connectivity index (χ4n) is 4.04. The van der Waals surface area contributed by atoms with Crippen LogP contribution in [0.3, 0.4) is 0 Å². The zero-order valence-corrected chi connectivity index (χ0v) is 17.7. The van der Waals surface area contributed by atoms with Gasteiger partial charge in [0.1, 0.15) is 5.65 Å². The van der Waals surface area contributed by atoms with E-state index in [2.05, 4.69) is 62.1 Å². The maximum atomic E-state index is 5.47. The van der Waals surface area contributed by atoms with Gasteiger partial charge < -0.3 is 19.5 Å². The first kappa shape index (κ1) is 19.5. The highest BCUT2D eigenvalue weighted by Gasteiger charge is 2.14. The van der Waals surface area contributed by atoms with Gasteiger partial charge in [0.25, 0.3) is 0 Å². The molecule has 31 heavy (non-hydrogen) atoms. The maximum Gasteiger partial charge on any atom is 0.227 e. The quantitative estimate of drug-likeness (QED) is 0.502. The van der Waals surface area contributed by atoms with Crippen LogP contribution in [0.5, 0.6) is 0 Å². The van der Waals surface area contributed by atoms with Crippen LogP contribution in [0.25, 0.3) is 22.3 Å². The van der Waals surface area contributed by atoms with Crippen molar-refractivity contribution in [1.29, 1.82) is 0 Å². The van der Waals surface area contributed by atoms with Crippen LogP contribution >= 0.6 is 0 Å². The summed E-state index contributed by atoms with van der Waals surface area (Å²) in [6, 6.07) is 14.4. The molecule has 1 aliphatic rings. The van der Waals surface area contributed by atoms with E-state index in [1.807, 2.05) is 24.4 Å². The highest BCUT2D eigenvalue weighted by atomic mass is 16.5. The second-order valence-corrected chi connectivity index (χ2v) is 7.65. The SMILES string of the molecule is CCCn1cc(-c2ccnc(Nc3cccc(N4CCOCC4)c3)n2)c2cccnc21. The Labute approximate surface area is 181 Å². The van der Waals surface area contributed by atoms with E-state index in [0.29, 0.717) is 5.95 Å². The topological polar surface area (TPSA) is 68.1 Å². The van der Waals surface area contributed by atoms with E-state index in [4.69, 9.17) is 9.72 Å². The van der Waals surface area contributed by atoms with Gasteiger partial charge >= 0.3 is 0 Å². The lowest BCUT2D eigenvalue weighted by Crippen LogP contribution is -2.36. The van der Waals surface area contributed by atoms with Gasteiger partial charge in [-0.2, -0.15) is 0 Å². The molecule has 0 atom stereocenters. The van der Waals surface area contributed by atoms with Gasteiger partial charge in [0, 0.05) is 60.5 Å². The Balaban J connectivity index is 1.43. The van der Waals surface area contributed by atoms with Gasteiger partial charge in [0.15, 0.2) is 0 Å². The molecule has 1 fully saturated rings. The van der Waals surface area contributed by atoms with Crippen LogP contribution in [-0.4, -0.2) is 45.8 Å². The molecule has 0 saturated carbocycles. The monoisotopic (exact) mass is 414 g/mol. The first-order valence-electron chi connectivity index (χ1n) is 10.8. The number of hydrogen-bond acceptors (Lipinski definition) is 6. The van der Waals surface area contributed by atoms with Gasteiger partial charge in [-0.1, -0.05) is 13.0 Å². The lowest BCUT2D eigenvalue weighted by molar-refractivity contribution is 0.122. The predicted molar refractivity (Wildman–Crippen MR) is 124 cm³/mol. The molecular formula is C24H26N6O. The van der Waals surface area contributed by atoms with Crippen molar-refractivity contribution in [3.8, 4) is 11.3 Å². The first-order valence-corrected chi connectivity index (χ1v) is 10.8. The molecule has 0 spiro atoms. The Kier molecular flexibility index (Phi) is 5.50. The lowest BCUT2D eigenvalue weighted by atomic mass is 10.1. The van der Waals surface area contributed by atoms with Crippen LogP contribution in [-0.2, 0) is 11.3 Å². The number of morpholine rings is 1. The third-order valence-electron chi connectivity index (χ3n) is 5.51. The average Bonchev–Trinajstić information content (AvgIpc) is 3.19. The number of anilines is 3. The minimum Gasteiger partial charge on any atom is -0.378 e. The molecule has 158 valence electrons. The van der Waals surface area contributed by atoms with Gasteiger partial charge in [-0.05, 0) is 42.8 Å². The largest absolute Gasteiger partial charge is 0.378 e. The van der Waals surface area contributed by atoms with Gasteiger partial charge in [0.05, 0.1) is 18.9 Å². The lowest BCUT2D eigenvalue weighted by Gasteiger charge is -2.29. The number of rotatable bonds is 6. The van der Waals surface area contributed by atoms with E-state index in [0.717, 1.165) is 67.2 Å². The Morgan fingerprint density at radius 2 is 1.94 bits per heavy atom. The third-order valence-corrected chi connectivity index (χ3v) is 5.51. The van der Waals surface area contributed by atoms with Gasteiger partial charge in [-0.3, -0.25) is 0 Å². The van der Waals surface area contributed by atoms with E-state index in [1.54, 1.807) is 6.20 Å². The zero-order valence-electron chi connectivity index (χ0n) is 17.7. The summed E-state index contributed by atoms with van der Waals surface area (Å²) in [6.07, 6.45) is 6.84. The maximum absolute atomic E-state index is 5.47. The normalized spacial score (nSPS) is 14.2. The number of nitrogens with one attached hydrogen (secondary N) is 1. The first-order chi connectivity index (χ1) is 15.3. The van der Waals surface area contributed by atoms with Crippen LogP contribution in [0.15, 0.2) is 61.1 Å². The van der Waals surface area contributed by atoms with Crippen molar-refractivity contribution in [2.45, 2.75) is 19.9 Å². The van der Waals surface area contributed by atoms with Crippen LogP contribution < -0.4 is 10.2 Å². The summed E-state index contributed by atoms with van der Waals surface area (Å²) in [5, 5.41) is 4.48. The molecule has 0 radical (unpaired) electrons. The Hall–Kier alpha value is -3.45. The minimum absolute atomic E-state index is 0.580. The fourth-order valence-corrected chi connectivity index (χ4v) is 4.04. The molecule has 0 aliphatic carbocycles. The van der Waals surface area contributed by atoms with Crippen molar-refractivity contribution >= 4 is 28.4 Å². The standard InChI is InChI=1S/C24H26N6O/c1-2-11-30-17-21(20-7-4-9-25-23(20)30)22-8-10-26-24(28-22)27-18-5-3-6-19(16-18)29-12-14-31-15-13-29/h3-10,16-17H,2,11-15H2,1H3,(H,26,27,28). The predicted octanol–water partition coefficient (Wildman–Crippen LogP) is 4.48. The minimum atomic E-state index is 0.580. The Morgan fingerprint density at radius 1 is 1.03 bits per heavy atom. The molecule has 4 heterocycles. The summed E-state index contributed by atoms with van der Waals surface area (Å²) >= 11 is 0. The van der Waals surface area contributed by atoms with Crippen LogP contribution in [0, 0.1) is 0 Å². The van der Waals surface area contributed by atoms with E-state index in [1.165, 1.54) is 5.69 Å². The highest BCUT2D eigenvalue weighted by Crippen LogP contribution is 2.29. The molecule has 4 aromatic rings. The van der Waals surface area contributed by atoms with Gasteiger partial charge in [-0.15, -0.1) is 0 Å². The Bertz CT molecular complexity index is 1180. The van der Waals surface area contributed by atoms with Crippen molar-refractivity contribution in [2.75, 3.05) is 36.5 Å². The number of benzene rings is 1. The number of fused-ring (bicyclic) bond motifs is 1. The van der Waals surface area contributed by atoms with Gasteiger partial charge in [0.2, 0.25) is 5.95 Å². The third kappa shape index (κ3) is 4.09. The zero-order chi connectivity index (χ0) is 21.0. The summed E-state index contributed by atoms with van der Waals surface area (Å²) in [5.74, 6) is 0.580. The number of nitrogens with zero attached hydrogens (tertiary/aromatic N) is 5. The smallest absolute Gasteiger partial charge is 0.227 e. The molecule has 1 saturated heterocycles. The van der Waals surface area contributed by atoms with E-state index in [-0.39, 0.29) is 0 Å². The fraction of sp³-hybridized carbons (Fsp3) is 0.292. The van der Waals surface area contributed by atoms with E-state index >= 15 is 0 Å². The second-order valence-electron chi connectivity index (χ2n) is 7.65. The molecular weight excluding hydrogens is 388 g/mol. The van der Waals surface area contributed by atoms with Crippen molar-refractivity contribution in [1.82, 2.24) is 19.5 Å². The van der Waals surface area contributed by atoms with Crippen molar-refractivity contribution in [3.63, 3.8) is 0 Å². The van der Waals surface area contributed by atoms with Crippen molar-refractivity contribution < 1.29 is 4.74 Å². The molecule has 1 N–H and O–H groups in total. The van der Waals surface area contributed by atoms with Crippen molar-refractivity contribution in [2.24, 2.45) is 0 Å². The molecule has 1 aromatic carbocycles.